The van der Waals surface area contributed by atoms with Crippen molar-refractivity contribution in [3.63, 3.8) is 0 Å². The van der Waals surface area contributed by atoms with Crippen molar-refractivity contribution in [2.45, 2.75) is 6.92 Å². The van der Waals surface area contributed by atoms with E-state index in [0.717, 1.165) is 23.4 Å². The number of benzene rings is 1. The fourth-order valence-electron chi connectivity index (χ4n) is 1.12. The van der Waals surface area contributed by atoms with Crippen LogP contribution in [0, 0.1) is 6.92 Å². The molecule has 0 fully saturated rings. The van der Waals surface area contributed by atoms with Crippen LogP contribution in [0.25, 0.3) is 0 Å². The summed E-state index contributed by atoms with van der Waals surface area (Å²) in [7, 11) is 0. The third-order valence-electron chi connectivity index (χ3n) is 2.11. The van der Waals surface area contributed by atoms with Crippen LogP contribution in [0.1, 0.15) is 16.1 Å². The molecule has 17 heavy (non-hydrogen) atoms. The number of carbonyl (C=O) groups excluding carboxylic acids is 1. The molecule has 4 N–H and O–H groups in total. The first-order valence-corrected chi connectivity index (χ1v) is 5.11. The van der Waals surface area contributed by atoms with Gasteiger partial charge in [0.1, 0.15) is 0 Å². The minimum absolute atomic E-state index is 0.664. The molecule has 88 valence electrons. The van der Waals surface area contributed by atoms with Crippen molar-refractivity contribution >= 4 is 17.7 Å². The average Bonchev–Trinajstić information content (AvgIpc) is 2.34. The predicted octanol–water partition coefficient (Wildman–Crippen LogP) is 2.05. The lowest BCUT2D eigenvalue weighted by Gasteiger charge is -1.91. The van der Waals surface area contributed by atoms with Gasteiger partial charge in [-0.25, -0.2) is 0 Å². The van der Waals surface area contributed by atoms with Crippen LogP contribution in [0.5, 0.6) is 0 Å². The van der Waals surface area contributed by atoms with Gasteiger partial charge in [-0.3, -0.25) is 9.78 Å². The van der Waals surface area contributed by atoms with Crippen molar-refractivity contribution in [3.05, 3.63) is 53.9 Å². The quantitative estimate of drug-likeness (QED) is 0.579. The summed E-state index contributed by atoms with van der Waals surface area (Å²) in [5, 5.41) is 0. The number of hydrogen-bond acceptors (Lipinski definition) is 4. The number of aryl methyl sites for hydroxylation is 1. The predicted molar refractivity (Wildman–Crippen MR) is 69.6 cm³/mol. The molecule has 1 aromatic heterocycles. The second-order valence-corrected chi connectivity index (χ2v) is 3.46. The van der Waals surface area contributed by atoms with Gasteiger partial charge in [0.2, 0.25) is 0 Å². The van der Waals surface area contributed by atoms with Crippen molar-refractivity contribution < 1.29 is 4.79 Å². The molecule has 0 amide bonds. The molecule has 0 aliphatic carbocycles. The van der Waals surface area contributed by atoms with Gasteiger partial charge >= 0.3 is 0 Å². The number of nitrogens with two attached hydrogens (primary N) is 2. The minimum atomic E-state index is 0.664. The zero-order valence-corrected chi connectivity index (χ0v) is 9.63. The molecule has 4 nitrogen and oxygen atoms in total. The Hall–Kier alpha value is -2.36. The van der Waals surface area contributed by atoms with Crippen molar-refractivity contribution in [1.82, 2.24) is 4.98 Å². The SMILES string of the molecule is Cc1ncccc1C=O.Nc1ccc(N)cc1. The van der Waals surface area contributed by atoms with E-state index in [9.17, 15) is 4.79 Å². The fourth-order valence-corrected chi connectivity index (χ4v) is 1.12. The molecule has 2 rings (SSSR count). The molecule has 0 saturated carbocycles. The van der Waals surface area contributed by atoms with Crippen LogP contribution in [0.4, 0.5) is 11.4 Å². The second-order valence-electron chi connectivity index (χ2n) is 3.46. The summed E-state index contributed by atoms with van der Waals surface area (Å²) >= 11 is 0. The zero-order valence-electron chi connectivity index (χ0n) is 9.63. The molecular weight excluding hydrogens is 214 g/mol. The van der Waals surface area contributed by atoms with Crippen molar-refractivity contribution in [2.24, 2.45) is 0 Å². The van der Waals surface area contributed by atoms with Crippen LogP contribution < -0.4 is 11.5 Å². The first kappa shape index (κ1) is 12.7. The summed E-state index contributed by atoms with van der Waals surface area (Å²) in [5.41, 5.74) is 13.7. The number of carbonyl (C=O) groups is 1. The standard InChI is InChI=1S/C7H7NO.C6H8N2/c1-6-7(5-9)3-2-4-8-6;7-5-1-2-6(8)4-3-5/h2-5H,1H3;1-4H,7-8H2. The number of hydrogen-bond donors (Lipinski definition) is 2. The summed E-state index contributed by atoms with van der Waals surface area (Å²) in [6, 6.07) is 10.6. The van der Waals surface area contributed by atoms with E-state index in [0.29, 0.717) is 5.56 Å². The van der Waals surface area contributed by atoms with Crippen molar-refractivity contribution in [3.8, 4) is 0 Å². The number of aromatic nitrogens is 1. The van der Waals surface area contributed by atoms with Crippen LogP contribution in [0.15, 0.2) is 42.6 Å². The number of pyridine rings is 1. The van der Waals surface area contributed by atoms with E-state index in [1.54, 1.807) is 42.6 Å². The van der Waals surface area contributed by atoms with Crippen molar-refractivity contribution in [1.29, 1.82) is 0 Å². The molecule has 0 atom stereocenters. The number of aldehydes is 1. The Morgan fingerprint density at radius 1 is 1.06 bits per heavy atom. The van der Waals surface area contributed by atoms with Gasteiger partial charge in [-0.05, 0) is 43.3 Å². The minimum Gasteiger partial charge on any atom is -0.399 e. The number of anilines is 2. The Morgan fingerprint density at radius 3 is 1.94 bits per heavy atom. The second kappa shape index (κ2) is 6.27. The Balaban J connectivity index is 0.000000171. The van der Waals surface area contributed by atoms with Crippen LogP contribution in [0.2, 0.25) is 0 Å². The van der Waals surface area contributed by atoms with Gasteiger partial charge in [-0.2, -0.15) is 0 Å². The number of rotatable bonds is 1. The normalized spacial score (nSPS) is 9.00. The highest BCUT2D eigenvalue weighted by atomic mass is 16.1. The monoisotopic (exact) mass is 229 g/mol. The Bertz CT molecular complexity index is 459. The molecule has 0 spiro atoms. The molecule has 2 aromatic rings. The van der Waals surface area contributed by atoms with Crippen LogP contribution in [-0.2, 0) is 0 Å². The maximum absolute atomic E-state index is 10.2. The number of nitrogens with zero attached hydrogens (tertiary/aromatic N) is 1. The third kappa shape index (κ3) is 4.34. The third-order valence-corrected chi connectivity index (χ3v) is 2.11. The van der Waals surface area contributed by atoms with Crippen LogP contribution >= 0.6 is 0 Å². The molecule has 1 aromatic carbocycles. The Labute approximate surface area is 100 Å². The maximum atomic E-state index is 10.2. The summed E-state index contributed by atoms with van der Waals surface area (Å²) in [6.07, 6.45) is 2.48. The lowest BCUT2D eigenvalue weighted by atomic mass is 10.2. The van der Waals surface area contributed by atoms with E-state index in [1.807, 2.05) is 6.92 Å². The fraction of sp³-hybridized carbons (Fsp3) is 0.0769. The van der Waals surface area contributed by atoms with Crippen molar-refractivity contribution in [2.75, 3.05) is 11.5 Å². The molecule has 4 heteroatoms. The molecule has 1 heterocycles. The van der Waals surface area contributed by atoms with Crippen LogP contribution in [0.3, 0.4) is 0 Å². The smallest absolute Gasteiger partial charge is 0.151 e. The molecule has 0 radical (unpaired) electrons. The molecule has 0 unspecified atom stereocenters. The average molecular weight is 229 g/mol. The van der Waals surface area contributed by atoms with Gasteiger partial charge in [0.15, 0.2) is 6.29 Å². The summed E-state index contributed by atoms with van der Waals surface area (Å²) < 4.78 is 0. The van der Waals surface area contributed by atoms with Gasteiger partial charge in [0.05, 0.1) is 0 Å². The summed E-state index contributed by atoms with van der Waals surface area (Å²) in [5.74, 6) is 0. The Kier molecular flexibility index (Phi) is 4.69. The van der Waals surface area contributed by atoms with E-state index in [-0.39, 0.29) is 0 Å². The number of nitrogen functional groups attached to an aromatic ring is 2. The van der Waals surface area contributed by atoms with Gasteiger partial charge in [0.25, 0.3) is 0 Å². The topological polar surface area (TPSA) is 82.0 Å². The van der Waals surface area contributed by atoms with Gasteiger partial charge in [-0.1, -0.05) is 0 Å². The first-order chi connectivity index (χ1) is 8.13. The molecule has 0 bridgehead atoms. The first-order valence-electron chi connectivity index (χ1n) is 5.11. The molecular formula is C13H15N3O. The lowest BCUT2D eigenvalue weighted by molar-refractivity contribution is 0.112. The summed E-state index contributed by atoms with van der Waals surface area (Å²) in [6.45, 7) is 1.81. The largest absolute Gasteiger partial charge is 0.399 e. The molecule has 0 aliphatic rings. The van der Waals surface area contributed by atoms with E-state index >= 15 is 0 Å². The maximum Gasteiger partial charge on any atom is 0.151 e. The van der Waals surface area contributed by atoms with E-state index in [1.165, 1.54) is 0 Å². The highest BCUT2D eigenvalue weighted by Crippen LogP contribution is 2.04. The highest BCUT2D eigenvalue weighted by Gasteiger charge is 1.91. The van der Waals surface area contributed by atoms with Gasteiger partial charge in [-0.15, -0.1) is 0 Å². The van der Waals surface area contributed by atoms with Gasteiger partial charge in [0, 0.05) is 28.8 Å². The lowest BCUT2D eigenvalue weighted by Crippen LogP contribution is -1.87. The summed E-state index contributed by atoms with van der Waals surface area (Å²) in [4.78, 5) is 14.1. The zero-order chi connectivity index (χ0) is 12.7. The van der Waals surface area contributed by atoms with Gasteiger partial charge < -0.3 is 11.5 Å². The molecule has 0 aliphatic heterocycles. The Morgan fingerprint density at radius 2 is 1.59 bits per heavy atom. The van der Waals surface area contributed by atoms with E-state index in [4.69, 9.17) is 11.5 Å². The van der Waals surface area contributed by atoms with E-state index < -0.39 is 0 Å². The molecule has 0 saturated heterocycles. The van der Waals surface area contributed by atoms with Crippen LogP contribution in [-0.4, -0.2) is 11.3 Å². The van der Waals surface area contributed by atoms with E-state index in [2.05, 4.69) is 4.98 Å². The highest BCUT2D eigenvalue weighted by molar-refractivity contribution is 5.75.